The van der Waals surface area contributed by atoms with E-state index in [4.69, 9.17) is 0 Å². The van der Waals surface area contributed by atoms with Gasteiger partial charge in [0.15, 0.2) is 0 Å². The highest BCUT2D eigenvalue weighted by molar-refractivity contribution is 7.13. The first kappa shape index (κ1) is 12.8. The summed E-state index contributed by atoms with van der Waals surface area (Å²) in [6, 6.07) is 5.81. The van der Waals surface area contributed by atoms with Gasteiger partial charge in [0.2, 0.25) is 0 Å². The molecule has 0 bridgehead atoms. The second-order valence-corrected chi connectivity index (χ2v) is 5.50. The van der Waals surface area contributed by atoms with Crippen LogP contribution in [0.1, 0.15) is 27.2 Å². The van der Waals surface area contributed by atoms with Gasteiger partial charge >= 0.3 is 0 Å². The van der Waals surface area contributed by atoms with Crippen molar-refractivity contribution in [2.24, 2.45) is 0 Å². The molecule has 0 saturated carbocycles. The van der Waals surface area contributed by atoms with Crippen molar-refractivity contribution in [1.29, 1.82) is 0 Å². The van der Waals surface area contributed by atoms with Crippen molar-refractivity contribution in [3.05, 3.63) is 39.8 Å². The van der Waals surface area contributed by atoms with E-state index in [2.05, 4.69) is 5.10 Å². The lowest BCUT2D eigenvalue weighted by Crippen LogP contribution is -2.26. The smallest absolute Gasteiger partial charge is 0.264 e. The third kappa shape index (κ3) is 2.61. The molecule has 2 aromatic rings. The van der Waals surface area contributed by atoms with Gasteiger partial charge in [-0.3, -0.25) is 9.48 Å². The summed E-state index contributed by atoms with van der Waals surface area (Å²) in [6.45, 7) is 5.46. The molecule has 0 aliphatic heterocycles. The largest absolute Gasteiger partial charge is 0.335 e. The van der Waals surface area contributed by atoms with Gasteiger partial charge in [-0.1, -0.05) is 0 Å². The van der Waals surface area contributed by atoms with Gasteiger partial charge in [0, 0.05) is 24.7 Å². The second kappa shape index (κ2) is 5.35. The molecule has 0 aliphatic carbocycles. The molecule has 0 aromatic carbocycles. The molecule has 0 N–H and O–H groups in total. The third-order valence-electron chi connectivity index (χ3n) is 2.80. The molecule has 0 saturated heterocycles. The van der Waals surface area contributed by atoms with Crippen LogP contribution in [0.4, 0.5) is 0 Å². The molecule has 2 aromatic heterocycles. The number of hydrogen-bond acceptors (Lipinski definition) is 3. The molecule has 4 nitrogen and oxygen atoms in total. The van der Waals surface area contributed by atoms with Gasteiger partial charge in [0.1, 0.15) is 0 Å². The van der Waals surface area contributed by atoms with Gasteiger partial charge in [-0.2, -0.15) is 5.10 Å². The molecule has 0 spiro atoms. The number of nitrogens with zero attached hydrogens (tertiary/aromatic N) is 3. The van der Waals surface area contributed by atoms with E-state index < -0.39 is 0 Å². The first-order chi connectivity index (χ1) is 8.61. The zero-order valence-corrected chi connectivity index (χ0v) is 11.7. The monoisotopic (exact) mass is 263 g/mol. The fourth-order valence-electron chi connectivity index (χ4n) is 1.83. The maximum atomic E-state index is 12.2. The average Bonchev–Trinajstić information content (AvgIpc) is 2.96. The minimum atomic E-state index is 0.0666. The van der Waals surface area contributed by atoms with Crippen molar-refractivity contribution >= 4 is 17.2 Å². The Balaban J connectivity index is 2.08. The van der Waals surface area contributed by atoms with Gasteiger partial charge in [-0.25, -0.2) is 0 Å². The molecule has 5 heteroatoms. The van der Waals surface area contributed by atoms with Crippen molar-refractivity contribution in [3.8, 4) is 0 Å². The average molecular weight is 263 g/mol. The minimum Gasteiger partial charge on any atom is -0.335 e. The number of thiophene rings is 1. The Labute approximate surface area is 111 Å². The van der Waals surface area contributed by atoms with Crippen LogP contribution >= 0.6 is 11.3 Å². The van der Waals surface area contributed by atoms with E-state index in [1.807, 2.05) is 43.8 Å². The first-order valence-electron chi connectivity index (χ1n) is 5.94. The Hall–Kier alpha value is -1.62. The van der Waals surface area contributed by atoms with E-state index in [0.29, 0.717) is 6.54 Å². The minimum absolute atomic E-state index is 0.0666. The summed E-state index contributed by atoms with van der Waals surface area (Å²) >= 11 is 1.53. The molecule has 2 heterocycles. The highest BCUT2D eigenvalue weighted by Gasteiger charge is 2.15. The Morgan fingerprint density at radius 1 is 1.44 bits per heavy atom. The number of aromatic nitrogens is 2. The fraction of sp³-hybridized carbons (Fsp3) is 0.385. The van der Waals surface area contributed by atoms with Crippen LogP contribution in [0, 0.1) is 6.92 Å². The summed E-state index contributed by atoms with van der Waals surface area (Å²) in [5.41, 5.74) is 1.06. The number of aryl methyl sites for hydroxylation is 2. The van der Waals surface area contributed by atoms with Crippen LogP contribution in [0.25, 0.3) is 0 Å². The summed E-state index contributed by atoms with van der Waals surface area (Å²) in [4.78, 5) is 15.9. The lowest BCUT2D eigenvalue weighted by Gasteiger charge is -2.16. The van der Waals surface area contributed by atoms with Crippen LogP contribution < -0.4 is 0 Å². The number of carbonyl (C=O) groups is 1. The number of rotatable bonds is 4. The Morgan fingerprint density at radius 3 is 2.83 bits per heavy atom. The van der Waals surface area contributed by atoms with Crippen LogP contribution in [0.5, 0.6) is 0 Å². The molecule has 18 heavy (non-hydrogen) atoms. The van der Waals surface area contributed by atoms with E-state index in [-0.39, 0.29) is 5.91 Å². The maximum absolute atomic E-state index is 12.2. The molecular weight excluding hydrogens is 246 g/mol. The second-order valence-electron chi connectivity index (χ2n) is 4.21. The van der Waals surface area contributed by atoms with Gasteiger partial charge in [-0.15, -0.1) is 11.3 Å². The van der Waals surface area contributed by atoms with Gasteiger partial charge in [0.25, 0.3) is 5.91 Å². The summed E-state index contributed by atoms with van der Waals surface area (Å²) in [5.74, 6) is 0.0666. The van der Waals surface area contributed by atoms with Crippen molar-refractivity contribution in [2.45, 2.75) is 26.9 Å². The number of amides is 1. The quantitative estimate of drug-likeness (QED) is 0.850. The first-order valence-corrected chi connectivity index (χ1v) is 6.76. The van der Waals surface area contributed by atoms with Crippen LogP contribution in [-0.2, 0) is 13.1 Å². The number of hydrogen-bond donors (Lipinski definition) is 0. The molecule has 0 fully saturated rings. The van der Waals surface area contributed by atoms with E-state index in [1.165, 1.54) is 11.3 Å². The SMILES string of the molecule is CCn1nccc1CN(C)C(=O)c1ccc(C)s1. The predicted molar refractivity (Wildman–Crippen MR) is 72.8 cm³/mol. The third-order valence-corrected chi connectivity index (χ3v) is 3.79. The van der Waals surface area contributed by atoms with Crippen molar-refractivity contribution < 1.29 is 4.79 Å². The lowest BCUT2D eigenvalue weighted by molar-refractivity contribution is 0.0786. The van der Waals surface area contributed by atoms with E-state index in [9.17, 15) is 4.79 Å². The molecule has 0 aliphatic rings. The molecule has 0 atom stereocenters. The van der Waals surface area contributed by atoms with Crippen LogP contribution in [-0.4, -0.2) is 27.6 Å². The predicted octanol–water partition coefficient (Wildman–Crippen LogP) is 2.55. The highest BCUT2D eigenvalue weighted by atomic mass is 32.1. The zero-order valence-electron chi connectivity index (χ0n) is 10.9. The highest BCUT2D eigenvalue weighted by Crippen LogP contribution is 2.17. The van der Waals surface area contributed by atoms with Crippen LogP contribution in [0.2, 0.25) is 0 Å². The fourth-order valence-corrected chi connectivity index (χ4v) is 2.69. The zero-order chi connectivity index (χ0) is 13.1. The summed E-state index contributed by atoms with van der Waals surface area (Å²) in [6.07, 6.45) is 1.77. The lowest BCUT2D eigenvalue weighted by atomic mass is 10.3. The molecule has 0 radical (unpaired) electrons. The van der Waals surface area contributed by atoms with E-state index in [1.54, 1.807) is 11.1 Å². The van der Waals surface area contributed by atoms with E-state index >= 15 is 0 Å². The normalized spacial score (nSPS) is 10.6. The summed E-state index contributed by atoms with van der Waals surface area (Å²) < 4.78 is 1.91. The van der Waals surface area contributed by atoms with Crippen LogP contribution in [0.15, 0.2) is 24.4 Å². The number of carbonyl (C=O) groups excluding carboxylic acids is 1. The molecular formula is C13H17N3OS. The molecule has 96 valence electrons. The van der Waals surface area contributed by atoms with Gasteiger partial charge in [-0.05, 0) is 32.0 Å². The summed E-state index contributed by atoms with van der Waals surface area (Å²) in [5, 5.41) is 4.21. The van der Waals surface area contributed by atoms with Gasteiger partial charge in [0.05, 0.1) is 17.1 Å². The molecule has 1 amide bonds. The topological polar surface area (TPSA) is 38.1 Å². The Bertz CT molecular complexity index is 544. The van der Waals surface area contributed by atoms with E-state index in [0.717, 1.165) is 22.0 Å². The van der Waals surface area contributed by atoms with Crippen LogP contribution in [0.3, 0.4) is 0 Å². The maximum Gasteiger partial charge on any atom is 0.264 e. The standard InChI is InChI=1S/C13H17N3OS/c1-4-16-11(7-8-14-16)9-15(3)13(17)12-6-5-10(2)18-12/h5-8H,4,9H2,1-3H3. The molecule has 2 rings (SSSR count). The molecule has 0 unspecified atom stereocenters. The Kier molecular flexibility index (Phi) is 3.81. The Morgan fingerprint density at radius 2 is 2.22 bits per heavy atom. The van der Waals surface area contributed by atoms with Crippen molar-refractivity contribution in [3.63, 3.8) is 0 Å². The van der Waals surface area contributed by atoms with Crippen molar-refractivity contribution in [1.82, 2.24) is 14.7 Å². The van der Waals surface area contributed by atoms with Gasteiger partial charge < -0.3 is 4.90 Å². The van der Waals surface area contributed by atoms with Crippen molar-refractivity contribution in [2.75, 3.05) is 7.05 Å². The summed E-state index contributed by atoms with van der Waals surface area (Å²) in [7, 11) is 1.82.